The molecule has 10 nitrogen and oxygen atoms in total. The molecule has 10 heteroatoms. The van der Waals surface area contributed by atoms with Crippen molar-refractivity contribution in [2.75, 3.05) is 31.1 Å². The van der Waals surface area contributed by atoms with E-state index >= 15 is 0 Å². The van der Waals surface area contributed by atoms with E-state index < -0.39 is 0 Å². The Balaban J connectivity index is 1.17. The number of rotatable bonds is 5. The van der Waals surface area contributed by atoms with Crippen LogP contribution in [0.1, 0.15) is 37.3 Å². The number of hydrogen-bond donors (Lipinski definition) is 1. The molecule has 0 radical (unpaired) electrons. The van der Waals surface area contributed by atoms with Crippen LogP contribution in [0.25, 0.3) is 33.3 Å². The largest absolute Gasteiger partial charge is 0.356 e. The normalized spacial score (nSPS) is 16.4. The van der Waals surface area contributed by atoms with Crippen LogP contribution >= 0.6 is 0 Å². The molecule has 1 amide bonds. The number of H-pyrrole nitrogens is 1. The highest BCUT2D eigenvalue weighted by Crippen LogP contribution is 2.37. The zero-order chi connectivity index (χ0) is 27.2. The Kier molecular flexibility index (Phi) is 6.10. The molecule has 0 aliphatic carbocycles. The third-order valence-corrected chi connectivity index (χ3v) is 8.45. The minimum Gasteiger partial charge on any atom is -0.356 e. The van der Waals surface area contributed by atoms with Gasteiger partial charge in [0, 0.05) is 50.2 Å². The summed E-state index contributed by atoms with van der Waals surface area (Å²) >= 11 is 0. The third kappa shape index (κ3) is 4.14. The van der Waals surface area contributed by atoms with Gasteiger partial charge in [-0.3, -0.25) is 14.3 Å². The van der Waals surface area contributed by atoms with E-state index in [9.17, 15) is 9.59 Å². The van der Waals surface area contributed by atoms with Crippen molar-refractivity contribution in [2.45, 2.75) is 45.2 Å². The van der Waals surface area contributed by atoms with Crippen LogP contribution in [0.3, 0.4) is 0 Å². The fraction of sp³-hybridized carbons (Fsp3) is 0.367. The second kappa shape index (κ2) is 9.93. The molecular weight excluding hydrogens is 504 g/mol. The van der Waals surface area contributed by atoms with Crippen LogP contribution in [-0.4, -0.2) is 66.1 Å². The van der Waals surface area contributed by atoms with Crippen molar-refractivity contribution in [3.63, 3.8) is 0 Å². The fourth-order valence-electron chi connectivity index (χ4n) is 6.42. The monoisotopic (exact) mass is 536 g/mol. The van der Waals surface area contributed by atoms with Crippen molar-refractivity contribution in [3.05, 3.63) is 71.2 Å². The Hall–Kier alpha value is -4.47. The van der Waals surface area contributed by atoms with Crippen molar-refractivity contribution in [3.8, 4) is 11.1 Å². The Labute approximate surface area is 231 Å². The number of carbonyl (C=O) groups excluding carboxylic acids is 1. The second-order valence-electron chi connectivity index (χ2n) is 10.9. The average Bonchev–Trinajstić information content (AvgIpc) is 3.71. The number of nitrogens with zero attached hydrogens (tertiary/aromatic N) is 7. The molecule has 40 heavy (non-hydrogen) atoms. The molecule has 5 aromatic rings. The summed E-state index contributed by atoms with van der Waals surface area (Å²) in [7, 11) is 0. The summed E-state index contributed by atoms with van der Waals surface area (Å²) in [6.07, 6.45) is 9.12. The van der Waals surface area contributed by atoms with Gasteiger partial charge < -0.3 is 14.4 Å². The number of hydrogen-bond acceptors (Lipinski definition) is 6. The number of benzene rings is 1. The molecule has 6 heterocycles. The molecule has 0 bridgehead atoms. The fourth-order valence-corrected chi connectivity index (χ4v) is 6.42. The summed E-state index contributed by atoms with van der Waals surface area (Å²) in [4.78, 5) is 47.0. The minimum absolute atomic E-state index is 0.0327. The van der Waals surface area contributed by atoms with E-state index in [0.29, 0.717) is 18.7 Å². The first-order chi connectivity index (χ1) is 19.6. The lowest BCUT2D eigenvalue weighted by molar-refractivity contribution is -0.133. The molecule has 1 aromatic carbocycles. The molecule has 0 unspecified atom stereocenters. The molecular formula is C30H32N8O2. The van der Waals surface area contributed by atoms with Crippen LogP contribution < -0.4 is 10.6 Å². The van der Waals surface area contributed by atoms with Gasteiger partial charge >= 0.3 is 5.69 Å². The molecule has 4 aromatic heterocycles. The number of imidazole rings is 1. The van der Waals surface area contributed by atoms with Crippen LogP contribution in [0.4, 0.5) is 5.82 Å². The van der Waals surface area contributed by atoms with Crippen LogP contribution in [0.5, 0.6) is 0 Å². The summed E-state index contributed by atoms with van der Waals surface area (Å²) in [6, 6.07) is 12.1. The molecule has 0 atom stereocenters. The minimum atomic E-state index is -0.144. The first-order valence-corrected chi connectivity index (χ1v) is 14.1. The van der Waals surface area contributed by atoms with Gasteiger partial charge in [-0.05, 0) is 55.9 Å². The number of pyridine rings is 1. The van der Waals surface area contributed by atoms with E-state index in [-0.39, 0.29) is 24.2 Å². The molecule has 2 aliphatic heterocycles. The number of aryl methyl sites for hydroxylation is 1. The van der Waals surface area contributed by atoms with Gasteiger partial charge in [0.15, 0.2) is 5.65 Å². The number of carbonyl (C=O) groups is 1. The van der Waals surface area contributed by atoms with Gasteiger partial charge in [-0.25, -0.2) is 19.7 Å². The van der Waals surface area contributed by atoms with E-state index in [1.165, 1.54) is 5.56 Å². The predicted molar refractivity (Wildman–Crippen MR) is 154 cm³/mol. The van der Waals surface area contributed by atoms with Crippen molar-refractivity contribution in [1.82, 2.24) is 34.0 Å². The van der Waals surface area contributed by atoms with Gasteiger partial charge in [0.1, 0.15) is 24.3 Å². The number of piperidine rings is 1. The van der Waals surface area contributed by atoms with Crippen LogP contribution in [0.15, 0.2) is 59.9 Å². The molecule has 7 rings (SSSR count). The number of fused-ring (bicyclic) bond motifs is 2. The molecule has 1 N–H and O–H groups in total. The van der Waals surface area contributed by atoms with Crippen molar-refractivity contribution in [2.24, 2.45) is 0 Å². The summed E-state index contributed by atoms with van der Waals surface area (Å²) in [5, 5.41) is 1.01. The molecule has 2 saturated heterocycles. The lowest BCUT2D eigenvalue weighted by Gasteiger charge is -2.32. The van der Waals surface area contributed by atoms with E-state index in [1.807, 2.05) is 27.7 Å². The van der Waals surface area contributed by atoms with Crippen LogP contribution in [0.2, 0.25) is 0 Å². The van der Waals surface area contributed by atoms with Gasteiger partial charge in [0.2, 0.25) is 5.91 Å². The maximum absolute atomic E-state index is 13.6. The maximum atomic E-state index is 13.6. The van der Waals surface area contributed by atoms with Crippen LogP contribution in [-0.2, 0) is 11.3 Å². The number of aromatic amines is 1. The van der Waals surface area contributed by atoms with E-state index in [1.54, 1.807) is 17.1 Å². The average molecular weight is 537 g/mol. The van der Waals surface area contributed by atoms with Crippen LogP contribution in [0, 0.1) is 6.92 Å². The van der Waals surface area contributed by atoms with E-state index in [0.717, 1.165) is 72.3 Å². The van der Waals surface area contributed by atoms with Crippen molar-refractivity contribution < 1.29 is 4.79 Å². The van der Waals surface area contributed by atoms with E-state index in [2.05, 4.69) is 51.2 Å². The smallest absolute Gasteiger partial charge is 0.327 e. The standard InChI is InChI=1S/C30H32N8O2/c1-20-7-2-3-8-22(20)23-17-37(29-26(23)28(32-19-33-29)36-13-4-5-14-36)18-25(39)35-15-10-21(11-16-35)38-24-9-6-12-31-27(24)34-30(38)40/h2-3,6-9,12,17,19,21H,4-5,10-11,13-16,18H2,1H3,(H,31,34,40). The van der Waals surface area contributed by atoms with Crippen molar-refractivity contribution >= 4 is 33.9 Å². The first kappa shape index (κ1) is 24.6. The number of anilines is 1. The summed E-state index contributed by atoms with van der Waals surface area (Å²) in [6.45, 7) is 5.48. The number of nitrogens with one attached hydrogen (secondary N) is 1. The van der Waals surface area contributed by atoms with Gasteiger partial charge in [0.25, 0.3) is 0 Å². The zero-order valence-corrected chi connectivity index (χ0v) is 22.6. The lowest BCUT2D eigenvalue weighted by atomic mass is 10.0. The Bertz CT molecular complexity index is 1770. The Morgan fingerprint density at radius 1 is 0.975 bits per heavy atom. The molecule has 2 fully saturated rings. The topological polar surface area (TPSA) is 105 Å². The summed E-state index contributed by atoms with van der Waals surface area (Å²) < 4.78 is 3.79. The quantitative estimate of drug-likeness (QED) is 0.365. The predicted octanol–water partition coefficient (Wildman–Crippen LogP) is 3.91. The second-order valence-corrected chi connectivity index (χ2v) is 10.9. The number of likely N-dealkylation sites (tertiary alicyclic amines) is 1. The van der Waals surface area contributed by atoms with Crippen molar-refractivity contribution in [1.29, 1.82) is 0 Å². The van der Waals surface area contributed by atoms with E-state index in [4.69, 9.17) is 4.98 Å². The lowest BCUT2D eigenvalue weighted by Crippen LogP contribution is -2.41. The highest BCUT2D eigenvalue weighted by molar-refractivity contribution is 6.02. The highest BCUT2D eigenvalue weighted by Gasteiger charge is 2.28. The molecule has 2 aliphatic rings. The Morgan fingerprint density at radius 2 is 1.77 bits per heavy atom. The summed E-state index contributed by atoms with van der Waals surface area (Å²) in [5.41, 5.74) is 5.43. The van der Waals surface area contributed by atoms with Gasteiger partial charge in [-0.15, -0.1) is 0 Å². The summed E-state index contributed by atoms with van der Waals surface area (Å²) in [5.74, 6) is 1.01. The maximum Gasteiger partial charge on any atom is 0.327 e. The number of amides is 1. The molecule has 0 saturated carbocycles. The van der Waals surface area contributed by atoms with Gasteiger partial charge in [-0.1, -0.05) is 24.3 Å². The highest BCUT2D eigenvalue weighted by atomic mass is 16.2. The molecule has 204 valence electrons. The first-order valence-electron chi connectivity index (χ1n) is 14.1. The molecule has 0 spiro atoms. The third-order valence-electron chi connectivity index (χ3n) is 8.45. The van der Waals surface area contributed by atoms with Gasteiger partial charge in [-0.2, -0.15) is 0 Å². The Morgan fingerprint density at radius 3 is 2.58 bits per heavy atom. The SMILES string of the molecule is Cc1ccccc1-c1cn(CC(=O)N2CCC(n3c(=O)[nH]c4ncccc43)CC2)c2ncnc(N3CCCC3)c12. The zero-order valence-electron chi connectivity index (χ0n) is 22.6. The number of aromatic nitrogens is 6. The van der Waals surface area contributed by atoms with Gasteiger partial charge in [0.05, 0.1) is 10.9 Å².